The van der Waals surface area contributed by atoms with Gasteiger partial charge in [0.1, 0.15) is 0 Å². The van der Waals surface area contributed by atoms with Crippen molar-refractivity contribution in [3.05, 3.63) is 35.4 Å². The highest BCUT2D eigenvalue weighted by atomic mass is 15.2. The predicted molar refractivity (Wildman–Crippen MR) is 65.4 cm³/mol. The molecule has 0 aromatic heterocycles. The molecule has 0 bridgehead atoms. The zero-order valence-corrected chi connectivity index (χ0v) is 9.79. The van der Waals surface area contributed by atoms with E-state index in [1.165, 1.54) is 24.0 Å². The van der Waals surface area contributed by atoms with E-state index in [4.69, 9.17) is 5.84 Å². The molecule has 1 rings (SSSR count). The van der Waals surface area contributed by atoms with Gasteiger partial charge >= 0.3 is 0 Å². The van der Waals surface area contributed by atoms with Gasteiger partial charge in [0.05, 0.1) is 0 Å². The fourth-order valence-electron chi connectivity index (χ4n) is 1.78. The molecule has 0 heterocycles. The van der Waals surface area contributed by atoms with E-state index in [9.17, 15) is 0 Å². The van der Waals surface area contributed by atoms with Crippen molar-refractivity contribution in [2.45, 2.75) is 45.6 Å². The van der Waals surface area contributed by atoms with Crippen LogP contribution in [0, 0.1) is 0 Å². The zero-order chi connectivity index (χ0) is 11.1. The van der Waals surface area contributed by atoms with Gasteiger partial charge in [0.15, 0.2) is 0 Å². The molecular formula is C13H22N2. The number of rotatable bonds is 6. The van der Waals surface area contributed by atoms with Crippen LogP contribution in [0.2, 0.25) is 0 Å². The van der Waals surface area contributed by atoms with Crippen LogP contribution in [0.4, 0.5) is 0 Å². The molecule has 0 saturated heterocycles. The largest absolute Gasteiger partial charge is 0.271 e. The molecule has 1 atom stereocenters. The first-order valence-electron chi connectivity index (χ1n) is 5.86. The van der Waals surface area contributed by atoms with Crippen molar-refractivity contribution in [3.63, 3.8) is 0 Å². The van der Waals surface area contributed by atoms with Crippen molar-refractivity contribution < 1.29 is 0 Å². The average Bonchev–Trinajstić information content (AvgIpc) is 2.30. The second-order valence-corrected chi connectivity index (χ2v) is 3.96. The standard InChI is InChI=1S/C13H22N2/c1-3-5-9-13(15-14)12-8-6-7-11(4-2)10-12/h6-8,10,13,15H,3-5,9,14H2,1-2H3. The summed E-state index contributed by atoms with van der Waals surface area (Å²) in [6.45, 7) is 4.38. The van der Waals surface area contributed by atoms with Crippen molar-refractivity contribution in [1.82, 2.24) is 5.43 Å². The lowest BCUT2D eigenvalue weighted by Crippen LogP contribution is -2.28. The smallest absolute Gasteiger partial charge is 0.0460 e. The van der Waals surface area contributed by atoms with Crippen LogP contribution in [0.25, 0.3) is 0 Å². The Morgan fingerprint density at radius 2 is 2.13 bits per heavy atom. The molecule has 1 aromatic rings. The van der Waals surface area contributed by atoms with Crippen LogP contribution in [0.1, 0.15) is 50.3 Å². The monoisotopic (exact) mass is 206 g/mol. The lowest BCUT2D eigenvalue weighted by Gasteiger charge is -2.16. The second-order valence-electron chi connectivity index (χ2n) is 3.96. The average molecular weight is 206 g/mol. The first-order valence-corrected chi connectivity index (χ1v) is 5.86. The van der Waals surface area contributed by atoms with Gasteiger partial charge in [-0.15, -0.1) is 0 Å². The number of benzene rings is 1. The molecule has 0 saturated carbocycles. The number of unbranched alkanes of at least 4 members (excludes halogenated alkanes) is 1. The van der Waals surface area contributed by atoms with Crippen molar-refractivity contribution in [1.29, 1.82) is 0 Å². The topological polar surface area (TPSA) is 38.0 Å². The third-order valence-corrected chi connectivity index (χ3v) is 2.81. The molecule has 0 aliphatic carbocycles. The maximum absolute atomic E-state index is 5.59. The predicted octanol–water partition coefficient (Wildman–Crippen LogP) is 2.94. The summed E-state index contributed by atoms with van der Waals surface area (Å²) >= 11 is 0. The van der Waals surface area contributed by atoms with Crippen LogP contribution in [0.5, 0.6) is 0 Å². The summed E-state index contributed by atoms with van der Waals surface area (Å²) in [7, 11) is 0. The fraction of sp³-hybridized carbons (Fsp3) is 0.538. The molecule has 3 N–H and O–H groups in total. The molecule has 0 aliphatic rings. The number of nitrogens with two attached hydrogens (primary N) is 1. The van der Waals surface area contributed by atoms with Gasteiger partial charge in [-0.05, 0) is 24.0 Å². The van der Waals surface area contributed by atoms with E-state index in [-0.39, 0.29) is 0 Å². The summed E-state index contributed by atoms with van der Waals surface area (Å²) in [6.07, 6.45) is 4.62. The molecular weight excluding hydrogens is 184 g/mol. The SMILES string of the molecule is CCCCC(NN)c1cccc(CC)c1. The van der Waals surface area contributed by atoms with Crippen LogP contribution < -0.4 is 11.3 Å². The Morgan fingerprint density at radius 3 is 2.73 bits per heavy atom. The van der Waals surface area contributed by atoms with Gasteiger partial charge in [0.25, 0.3) is 0 Å². The minimum atomic E-state index is 0.302. The summed E-state index contributed by atoms with van der Waals surface area (Å²) in [4.78, 5) is 0. The quantitative estimate of drug-likeness (QED) is 0.555. The van der Waals surface area contributed by atoms with E-state index in [1.807, 2.05) is 0 Å². The Bertz CT molecular complexity index is 284. The van der Waals surface area contributed by atoms with Gasteiger partial charge < -0.3 is 0 Å². The minimum absolute atomic E-state index is 0.302. The lowest BCUT2D eigenvalue weighted by molar-refractivity contribution is 0.495. The van der Waals surface area contributed by atoms with Crippen molar-refractivity contribution in [3.8, 4) is 0 Å². The lowest BCUT2D eigenvalue weighted by atomic mass is 9.99. The number of aryl methyl sites for hydroxylation is 1. The fourth-order valence-corrected chi connectivity index (χ4v) is 1.78. The molecule has 1 aromatic carbocycles. The molecule has 0 spiro atoms. The molecule has 0 aliphatic heterocycles. The maximum atomic E-state index is 5.59. The highest BCUT2D eigenvalue weighted by molar-refractivity contribution is 5.25. The number of nitrogens with one attached hydrogen (secondary N) is 1. The molecule has 84 valence electrons. The Kier molecular flexibility index (Phi) is 5.37. The van der Waals surface area contributed by atoms with Crippen LogP contribution in [0.15, 0.2) is 24.3 Å². The van der Waals surface area contributed by atoms with E-state index in [0.29, 0.717) is 6.04 Å². The van der Waals surface area contributed by atoms with Gasteiger partial charge in [-0.3, -0.25) is 11.3 Å². The Hall–Kier alpha value is -0.860. The van der Waals surface area contributed by atoms with Crippen LogP contribution in [0.3, 0.4) is 0 Å². The van der Waals surface area contributed by atoms with Gasteiger partial charge in [0, 0.05) is 6.04 Å². The molecule has 0 radical (unpaired) electrons. The summed E-state index contributed by atoms with van der Waals surface area (Å²) in [5.74, 6) is 5.59. The second kappa shape index (κ2) is 6.59. The van der Waals surface area contributed by atoms with Crippen LogP contribution in [-0.2, 0) is 6.42 Å². The van der Waals surface area contributed by atoms with Crippen molar-refractivity contribution in [2.75, 3.05) is 0 Å². The first-order chi connectivity index (χ1) is 7.31. The third kappa shape index (κ3) is 3.65. The van der Waals surface area contributed by atoms with Gasteiger partial charge in [0.2, 0.25) is 0 Å². The van der Waals surface area contributed by atoms with Gasteiger partial charge in [-0.2, -0.15) is 0 Å². The molecule has 2 nitrogen and oxygen atoms in total. The Morgan fingerprint density at radius 1 is 1.33 bits per heavy atom. The van der Waals surface area contributed by atoms with Crippen LogP contribution >= 0.6 is 0 Å². The molecule has 1 unspecified atom stereocenters. The van der Waals surface area contributed by atoms with E-state index in [1.54, 1.807) is 0 Å². The summed E-state index contributed by atoms with van der Waals surface area (Å²) in [6, 6.07) is 8.98. The third-order valence-electron chi connectivity index (χ3n) is 2.81. The number of hydrogen-bond donors (Lipinski definition) is 2. The van der Waals surface area contributed by atoms with Gasteiger partial charge in [-0.1, -0.05) is 51.0 Å². The van der Waals surface area contributed by atoms with E-state index in [2.05, 4.69) is 43.5 Å². The normalized spacial score (nSPS) is 12.7. The summed E-state index contributed by atoms with van der Waals surface area (Å²) < 4.78 is 0. The summed E-state index contributed by atoms with van der Waals surface area (Å²) in [5.41, 5.74) is 5.59. The van der Waals surface area contributed by atoms with E-state index in [0.717, 1.165) is 12.8 Å². The van der Waals surface area contributed by atoms with Crippen LogP contribution in [-0.4, -0.2) is 0 Å². The van der Waals surface area contributed by atoms with E-state index < -0.39 is 0 Å². The zero-order valence-electron chi connectivity index (χ0n) is 9.79. The number of hydrogen-bond acceptors (Lipinski definition) is 2. The highest BCUT2D eigenvalue weighted by Crippen LogP contribution is 2.19. The molecule has 0 fully saturated rings. The summed E-state index contributed by atoms with van der Waals surface area (Å²) in [5, 5.41) is 0. The molecule has 0 amide bonds. The highest BCUT2D eigenvalue weighted by Gasteiger charge is 2.08. The molecule has 2 heteroatoms. The maximum Gasteiger partial charge on any atom is 0.0460 e. The van der Waals surface area contributed by atoms with E-state index >= 15 is 0 Å². The first kappa shape index (κ1) is 12.2. The van der Waals surface area contributed by atoms with Crippen molar-refractivity contribution >= 4 is 0 Å². The Labute approximate surface area is 92.8 Å². The minimum Gasteiger partial charge on any atom is -0.271 e. The Balaban J connectivity index is 2.72. The number of hydrazine groups is 1. The van der Waals surface area contributed by atoms with Crippen molar-refractivity contribution in [2.24, 2.45) is 5.84 Å². The molecule has 15 heavy (non-hydrogen) atoms. The van der Waals surface area contributed by atoms with Gasteiger partial charge in [-0.25, -0.2) is 0 Å².